The van der Waals surface area contributed by atoms with Gasteiger partial charge in [-0.05, 0) is 66.7 Å². The summed E-state index contributed by atoms with van der Waals surface area (Å²) < 4.78 is 19.3. The van der Waals surface area contributed by atoms with Gasteiger partial charge in [0.25, 0.3) is 0 Å². The van der Waals surface area contributed by atoms with Crippen LogP contribution >= 0.6 is 15.9 Å². The van der Waals surface area contributed by atoms with Crippen molar-refractivity contribution >= 4 is 22.0 Å². The number of nitrogens with zero attached hydrogens (tertiary/aromatic N) is 1. The first-order valence-electron chi connectivity index (χ1n) is 7.87. The molecule has 0 bridgehead atoms. The molecule has 6 heteroatoms. The van der Waals surface area contributed by atoms with Gasteiger partial charge >= 0.3 is 6.09 Å². The van der Waals surface area contributed by atoms with Gasteiger partial charge in [-0.1, -0.05) is 6.07 Å². The van der Waals surface area contributed by atoms with Gasteiger partial charge in [0, 0.05) is 26.2 Å². The smallest absolute Gasteiger partial charge is 0.410 e. The van der Waals surface area contributed by atoms with Gasteiger partial charge < -0.3 is 15.0 Å². The number of ether oxygens (including phenoxy) is 1. The molecule has 1 aliphatic heterocycles. The molecule has 1 heterocycles. The van der Waals surface area contributed by atoms with E-state index in [-0.39, 0.29) is 11.9 Å². The SMILES string of the molecule is CC(C)(C)OC(=O)N1CCC(CNCc2ccc(Br)c(F)c2)C1. The Labute approximate surface area is 145 Å². The molecule has 0 aliphatic carbocycles. The second-order valence-corrected chi connectivity index (χ2v) is 7.81. The normalized spacial score (nSPS) is 18.3. The highest BCUT2D eigenvalue weighted by atomic mass is 79.9. The number of hydrogen-bond donors (Lipinski definition) is 1. The lowest BCUT2D eigenvalue weighted by molar-refractivity contribution is 0.0288. The minimum atomic E-state index is -0.459. The average Bonchev–Trinajstić information content (AvgIpc) is 2.90. The second kappa shape index (κ2) is 7.62. The zero-order valence-corrected chi connectivity index (χ0v) is 15.5. The van der Waals surface area contributed by atoms with Crippen molar-refractivity contribution in [3.8, 4) is 0 Å². The predicted octanol–water partition coefficient (Wildman–Crippen LogP) is 3.93. The molecule has 1 N–H and O–H groups in total. The summed E-state index contributed by atoms with van der Waals surface area (Å²) in [6.45, 7) is 8.47. The number of amides is 1. The van der Waals surface area contributed by atoms with Gasteiger partial charge in [0.05, 0.1) is 4.47 Å². The average molecular weight is 387 g/mol. The van der Waals surface area contributed by atoms with Crippen molar-refractivity contribution in [2.24, 2.45) is 5.92 Å². The lowest BCUT2D eigenvalue weighted by atomic mass is 10.1. The van der Waals surface area contributed by atoms with E-state index < -0.39 is 5.60 Å². The van der Waals surface area contributed by atoms with E-state index in [0.29, 0.717) is 23.5 Å². The summed E-state index contributed by atoms with van der Waals surface area (Å²) in [4.78, 5) is 13.8. The summed E-state index contributed by atoms with van der Waals surface area (Å²) in [6, 6.07) is 5.13. The fourth-order valence-corrected chi connectivity index (χ4v) is 2.81. The second-order valence-electron chi connectivity index (χ2n) is 6.96. The first-order chi connectivity index (χ1) is 10.7. The molecule has 1 aliphatic rings. The Morgan fingerprint density at radius 3 is 2.87 bits per heavy atom. The van der Waals surface area contributed by atoms with Crippen LogP contribution in [-0.4, -0.2) is 36.2 Å². The molecule has 4 nitrogen and oxygen atoms in total. The van der Waals surface area contributed by atoms with Crippen LogP contribution in [0.1, 0.15) is 32.8 Å². The molecule has 1 saturated heterocycles. The molecule has 1 aromatic rings. The van der Waals surface area contributed by atoms with E-state index in [9.17, 15) is 9.18 Å². The summed E-state index contributed by atoms with van der Waals surface area (Å²) in [6.07, 6.45) is 0.719. The Hall–Kier alpha value is -1.14. The molecule has 1 atom stereocenters. The molecule has 0 aromatic heterocycles. The largest absolute Gasteiger partial charge is 0.444 e. The molecule has 2 rings (SSSR count). The van der Waals surface area contributed by atoms with Gasteiger partial charge in [-0.25, -0.2) is 9.18 Å². The Morgan fingerprint density at radius 2 is 2.22 bits per heavy atom. The third kappa shape index (κ3) is 5.77. The standard InChI is InChI=1S/C17H24BrFN2O2/c1-17(2,3)23-16(22)21-7-6-13(11-21)10-20-9-12-4-5-14(18)15(19)8-12/h4-5,8,13,20H,6-7,9-11H2,1-3H3. The Balaban J connectivity index is 1.73. The topological polar surface area (TPSA) is 41.6 Å². The molecule has 0 spiro atoms. The first-order valence-corrected chi connectivity index (χ1v) is 8.66. The minimum absolute atomic E-state index is 0.241. The van der Waals surface area contributed by atoms with Crippen LogP contribution in [0.4, 0.5) is 9.18 Å². The number of likely N-dealkylation sites (tertiary alicyclic amines) is 1. The van der Waals surface area contributed by atoms with Crippen LogP contribution in [0.15, 0.2) is 22.7 Å². The van der Waals surface area contributed by atoms with Crippen molar-refractivity contribution in [2.75, 3.05) is 19.6 Å². The van der Waals surface area contributed by atoms with Crippen LogP contribution in [0, 0.1) is 11.7 Å². The van der Waals surface area contributed by atoms with E-state index in [1.54, 1.807) is 11.0 Å². The van der Waals surface area contributed by atoms with Gasteiger partial charge in [0.15, 0.2) is 0 Å². The van der Waals surface area contributed by atoms with Crippen LogP contribution in [0.2, 0.25) is 0 Å². The maximum absolute atomic E-state index is 13.5. The van der Waals surface area contributed by atoms with Gasteiger partial charge in [-0.2, -0.15) is 0 Å². The molecular weight excluding hydrogens is 363 g/mol. The summed E-state index contributed by atoms with van der Waals surface area (Å²) in [7, 11) is 0. The van der Waals surface area contributed by atoms with E-state index in [4.69, 9.17) is 4.74 Å². The number of nitrogens with one attached hydrogen (secondary N) is 1. The molecule has 1 unspecified atom stereocenters. The van der Waals surface area contributed by atoms with E-state index in [2.05, 4.69) is 21.2 Å². The highest BCUT2D eigenvalue weighted by Crippen LogP contribution is 2.19. The van der Waals surface area contributed by atoms with Gasteiger partial charge in [0.1, 0.15) is 11.4 Å². The third-order valence-corrected chi connectivity index (χ3v) is 4.33. The summed E-state index contributed by atoms with van der Waals surface area (Å²) in [5.41, 5.74) is 0.451. The number of rotatable bonds is 4. The van der Waals surface area contributed by atoms with Crippen molar-refractivity contribution in [1.29, 1.82) is 0 Å². The summed E-state index contributed by atoms with van der Waals surface area (Å²) in [5.74, 6) is 0.157. The molecule has 1 aromatic carbocycles. The third-order valence-electron chi connectivity index (χ3n) is 3.68. The number of carbonyl (C=O) groups excluding carboxylic acids is 1. The van der Waals surface area contributed by atoms with Crippen molar-refractivity contribution in [3.05, 3.63) is 34.1 Å². The number of halogens is 2. The molecule has 128 valence electrons. The highest BCUT2D eigenvalue weighted by molar-refractivity contribution is 9.10. The van der Waals surface area contributed by atoms with Gasteiger partial charge in [0.2, 0.25) is 0 Å². The molecule has 1 amide bonds. The van der Waals surface area contributed by atoms with Crippen LogP contribution in [0.5, 0.6) is 0 Å². The maximum atomic E-state index is 13.5. The summed E-state index contributed by atoms with van der Waals surface area (Å²) >= 11 is 3.15. The van der Waals surface area contributed by atoms with Crippen LogP contribution in [0.3, 0.4) is 0 Å². The molecule has 23 heavy (non-hydrogen) atoms. The zero-order chi connectivity index (χ0) is 17.0. The van der Waals surface area contributed by atoms with Gasteiger partial charge in [-0.15, -0.1) is 0 Å². The van der Waals surface area contributed by atoms with E-state index in [1.807, 2.05) is 26.8 Å². The van der Waals surface area contributed by atoms with Gasteiger partial charge in [-0.3, -0.25) is 0 Å². The first kappa shape index (κ1) is 18.2. The Morgan fingerprint density at radius 1 is 1.48 bits per heavy atom. The monoisotopic (exact) mass is 386 g/mol. The van der Waals surface area contributed by atoms with Crippen molar-refractivity contribution in [1.82, 2.24) is 10.2 Å². The van der Waals surface area contributed by atoms with Crippen molar-refractivity contribution in [2.45, 2.75) is 39.3 Å². The number of carbonyl (C=O) groups is 1. The molecule has 0 saturated carbocycles. The van der Waals surface area contributed by atoms with Crippen LogP contribution in [0.25, 0.3) is 0 Å². The predicted molar refractivity (Wildman–Crippen MR) is 91.7 cm³/mol. The zero-order valence-electron chi connectivity index (χ0n) is 13.9. The maximum Gasteiger partial charge on any atom is 0.410 e. The lowest BCUT2D eigenvalue weighted by Gasteiger charge is -2.24. The Bertz CT molecular complexity index is 560. The number of benzene rings is 1. The quantitative estimate of drug-likeness (QED) is 0.851. The summed E-state index contributed by atoms with van der Waals surface area (Å²) in [5, 5.41) is 3.34. The van der Waals surface area contributed by atoms with E-state index in [1.165, 1.54) is 6.07 Å². The molecular formula is C17H24BrFN2O2. The van der Waals surface area contributed by atoms with Crippen LogP contribution in [-0.2, 0) is 11.3 Å². The van der Waals surface area contributed by atoms with Crippen molar-refractivity contribution in [3.63, 3.8) is 0 Å². The van der Waals surface area contributed by atoms with Crippen LogP contribution < -0.4 is 5.32 Å². The van der Waals surface area contributed by atoms with E-state index >= 15 is 0 Å². The fourth-order valence-electron chi connectivity index (χ4n) is 2.56. The molecule has 0 radical (unpaired) electrons. The fraction of sp³-hybridized carbons (Fsp3) is 0.588. The Kier molecular flexibility index (Phi) is 6.03. The number of hydrogen-bond acceptors (Lipinski definition) is 3. The lowest BCUT2D eigenvalue weighted by Crippen LogP contribution is -2.36. The minimum Gasteiger partial charge on any atom is -0.444 e. The molecule has 1 fully saturated rings. The van der Waals surface area contributed by atoms with Crippen molar-refractivity contribution < 1.29 is 13.9 Å². The van der Waals surface area contributed by atoms with E-state index in [0.717, 1.165) is 25.1 Å². The highest BCUT2D eigenvalue weighted by Gasteiger charge is 2.29.